The zero-order chi connectivity index (χ0) is 39.4. The summed E-state index contributed by atoms with van der Waals surface area (Å²) in [6, 6.07) is 44.7. The summed E-state index contributed by atoms with van der Waals surface area (Å²) in [5.74, 6) is 0.924. The summed E-state index contributed by atoms with van der Waals surface area (Å²) in [5, 5.41) is 4.90. The molecule has 1 atom stereocenters. The largest absolute Gasteiger partial charge is 0.472 e. The van der Waals surface area contributed by atoms with Crippen molar-refractivity contribution in [1.29, 1.82) is 0 Å². The second kappa shape index (κ2) is 12.7. The van der Waals surface area contributed by atoms with Crippen molar-refractivity contribution in [2.24, 2.45) is 0 Å². The smallest absolute Gasteiger partial charge is 0.187 e. The van der Waals surface area contributed by atoms with Crippen LogP contribution < -0.4 is 9.64 Å². The van der Waals surface area contributed by atoms with E-state index in [1.807, 2.05) is 6.07 Å². The first-order valence-electron chi connectivity index (χ1n) is 20.9. The third-order valence-electron chi connectivity index (χ3n) is 14.2. The van der Waals surface area contributed by atoms with Crippen molar-refractivity contribution in [1.82, 2.24) is 0 Å². The molecule has 1 saturated heterocycles. The molecule has 58 heavy (non-hydrogen) atoms. The molecule has 11 rings (SSSR count). The molecule has 0 spiro atoms. The number of nitrogens with zero attached hydrogens (tertiary/aromatic N) is 2. The average Bonchev–Trinajstić information content (AvgIpc) is 3.71. The average molecular weight is 755 g/mol. The van der Waals surface area contributed by atoms with E-state index in [9.17, 15) is 0 Å². The first kappa shape index (κ1) is 35.0. The third kappa shape index (κ3) is 4.66. The highest BCUT2D eigenvalue weighted by molar-refractivity contribution is 6.09. The van der Waals surface area contributed by atoms with Gasteiger partial charge in [0.05, 0.1) is 19.8 Å². The monoisotopic (exact) mass is 754 g/mol. The van der Waals surface area contributed by atoms with E-state index < -0.39 is 5.60 Å². The molecule has 0 radical (unpaired) electrons. The van der Waals surface area contributed by atoms with Gasteiger partial charge >= 0.3 is 0 Å². The summed E-state index contributed by atoms with van der Waals surface area (Å²) < 4.78 is 13.5. The van der Waals surface area contributed by atoms with E-state index in [0.29, 0.717) is 5.69 Å². The van der Waals surface area contributed by atoms with Crippen LogP contribution in [0.15, 0.2) is 127 Å². The number of rotatable bonds is 5. The second-order valence-electron chi connectivity index (χ2n) is 17.1. The van der Waals surface area contributed by atoms with Crippen molar-refractivity contribution in [3.8, 4) is 28.0 Å². The minimum absolute atomic E-state index is 0.218. The fourth-order valence-electron chi connectivity index (χ4n) is 11.3. The molecule has 2 aliphatic carbocycles. The first-order chi connectivity index (χ1) is 28.3. The lowest BCUT2D eigenvalue weighted by Gasteiger charge is -2.40. The van der Waals surface area contributed by atoms with Gasteiger partial charge in [0.2, 0.25) is 0 Å². The highest BCUT2D eigenvalue weighted by Crippen LogP contribution is 2.61. The SMILES string of the molecule is [C-]#[N+]c1ccc2c(c1)C(CC)(CC)c1c3c(c4ccccc4c1-2)OC(c1ccc(N2CCOCC2)cc1)(c1ccc2c(c1)C(C)(C)c1c-2ccc2ccccc12)C=C3. The van der Waals surface area contributed by atoms with Crippen molar-refractivity contribution >= 4 is 39.0 Å². The third-order valence-corrected chi connectivity index (χ3v) is 14.2. The first-order valence-corrected chi connectivity index (χ1v) is 20.9. The number of fused-ring (bicyclic) bond motifs is 13. The molecule has 284 valence electrons. The van der Waals surface area contributed by atoms with Crippen LogP contribution in [-0.2, 0) is 21.2 Å². The zero-order valence-corrected chi connectivity index (χ0v) is 33.7. The molecule has 4 heteroatoms. The summed E-state index contributed by atoms with van der Waals surface area (Å²) in [6.07, 6.45) is 6.56. The quantitative estimate of drug-likeness (QED) is 0.164. The number of ether oxygens (including phenoxy) is 2. The molecule has 4 aliphatic rings. The van der Waals surface area contributed by atoms with Crippen molar-refractivity contribution in [2.45, 2.75) is 57.0 Å². The molecule has 7 aromatic rings. The highest BCUT2D eigenvalue weighted by atomic mass is 16.5. The Hall–Kier alpha value is -6.15. The number of hydrogen-bond donors (Lipinski definition) is 0. The minimum Gasteiger partial charge on any atom is -0.472 e. The van der Waals surface area contributed by atoms with Crippen LogP contribution in [0.4, 0.5) is 11.4 Å². The Kier molecular flexibility index (Phi) is 7.66. The molecule has 0 N–H and O–H groups in total. The number of hydrogen-bond acceptors (Lipinski definition) is 3. The van der Waals surface area contributed by atoms with Crippen LogP contribution >= 0.6 is 0 Å². The van der Waals surface area contributed by atoms with Gasteiger partial charge < -0.3 is 14.4 Å². The lowest BCUT2D eigenvalue weighted by Crippen LogP contribution is -2.37. The lowest BCUT2D eigenvalue weighted by molar-refractivity contribution is 0.122. The molecular formula is C54H46N2O2. The van der Waals surface area contributed by atoms with E-state index in [0.717, 1.165) is 67.0 Å². The van der Waals surface area contributed by atoms with Gasteiger partial charge in [-0.25, -0.2) is 4.85 Å². The van der Waals surface area contributed by atoms with Gasteiger partial charge in [0.15, 0.2) is 11.3 Å². The topological polar surface area (TPSA) is 26.1 Å². The maximum atomic E-state index is 7.90. The van der Waals surface area contributed by atoms with Crippen LogP contribution in [-0.4, -0.2) is 26.3 Å². The maximum Gasteiger partial charge on any atom is 0.187 e. The van der Waals surface area contributed by atoms with Gasteiger partial charge in [-0.05, 0) is 97.8 Å². The number of morpholine rings is 1. The Balaban J connectivity index is 1.15. The Labute approximate surface area is 341 Å². The van der Waals surface area contributed by atoms with E-state index in [-0.39, 0.29) is 10.8 Å². The number of anilines is 1. The molecule has 0 saturated carbocycles. The van der Waals surface area contributed by atoms with E-state index >= 15 is 0 Å². The molecule has 2 heterocycles. The van der Waals surface area contributed by atoms with Crippen LogP contribution in [0.2, 0.25) is 0 Å². The van der Waals surface area contributed by atoms with E-state index in [1.54, 1.807) is 0 Å². The van der Waals surface area contributed by atoms with E-state index in [1.165, 1.54) is 66.4 Å². The van der Waals surface area contributed by atoms with Gasteiger partial charge in [-0.2, -0.15) is 0 Å². The summed E-state index contributed by atoms with van der Waals surface area (Å²) in [6.45, 7) is 20.5. The second-order valence-corrected chi connectivity index (χ2v) is 17.1. The molecule has 0 bridgehead atoms. The summed E-state index contributed by atoms with van der Waals surface area (Å²) in [5.41, 5.74) is 14.3. The lowest BCUT2D eigenvalue weighted by atomic mass is 9.71. The highest BCUT2D eigenvalue weighted by Gasteiger charge is 2.48. The normalized spacial score (nSPS) is 19.2. The van der Waals surface area contributed by atoms with E-state index in [2.05, 4.69) is 165 Å². The molecule has 1 fully saturated rings. The van der Waals surface area contributed by atoms with Crippen molar-refractivity contribution < 1.29 is 9.47 Å². The van der Waals surface area contributed by atoms with Gasteiger partial charge in [0.1, 0.15) is 5.75 Å². The fraction of sp³-hybridized carbons (Fsp3) is 0.241. The molecule has 0 amide bonds. The molecule has 4 nitrogen and oxygen atoms in total. The minimum atomic E-state index is -0.903. The molecule has 0 aromatic heterocycles. The van der Waals surface area contributed by atoms with Crippen LogP contribution in [0.25, 0.3) is 54.7 Å². The van der Waals surface area contributed by atoms with E-state index in [4.69, 9.17) is 16.0 Å². The summed E-state index contributed by atoms with van der Waals surface area (Å²) >= 11 is 0. The van der Waals surface area contributed by atoms with Crippen molar-refractivity contribution in [3.05, 3.63) is 178 Å². The fourth-order valence-corrected chi connectivity index (χ4v) is 11.3. The zero-order valence-electron chi connectivity index (χ0n) is 33.7. The predicted molar refractivity (Wildman–Crippen MR) is 238 cm³/mol. The molecule has 2 aliphatic heterocycles. The molecule has 1 unspecified atom stereocenters. The van der Waals surface area contributed by atoms with Gasteiger partial charge in [0.25, 0.3) is 0 Å². The van der Waals surface area contributed by atoms with Crippen LogP contribution in [0.3, 0.4) is 0 Å². The molecular weight excluding hydrogens is 709 g/mol. The van der Waals surface area contributed by atoms with Crippen LogP contribution in [0, 0.1) is 6.57 Å². The Morgan fingerprint density at radius 1 is 0.672 bits per heavy atom. The van der Waals surface area contributed by atoms with Crippen LogP contribution in [0.5, 0.6) is 5.75 Å². The van der Waals surface area contributed by atoms with Crippen molar-refractivity contribution in [2.75, 3.05) is 31.2 Å². The van der Waals surface area contributed by atoms with Gasteiger partial charge in [-0.15, -0.1) is 0 Å². The Bertz CT molecular complexity index is 2920. The maximum absolute atomic E-state index is 7.90. The van der Waals surface area contributed by atoms with Crippen LogP contribution in [0.1, 0.15) is 79.5 Å². The summed E-state index contributed by atoms with van der Waals surface area (Å²) in [4.78, 5) is 6.29. The Morgan fingerprint density at radius 3 is 2.12 bits per heavy atom. The molecule has 7 aromatic carbocycles. The standard InChI is InChI=1S/C54H46N2O2/c1-6-53(7-2)47-33-37(55-5)20-25-44(47)48-41-14-10-11-15-43(41)51-45(50(48)53)26-27-54(58-51,35-17-21-38(22-18-35)56-28-30-57-31-29-56)36-19-24-40-42-23-16-34-12-8-9-13-39(34)49(42)52(3,4)46(40)32-36/h8-27,32-33H,6-7,28-31H2,1-4H3. The predicted octanol–water partition coefficient (Wildman–Crippen LogP) is 13.1. The van der Waals surface area contributed by atoms with Gasteiger partial charge in [0, 0.05) is 51.7 Å². The van der Waals surface area contributed by atoms with Gasteiger partial charge in [-0.1, -0.05) is 137 Å². The Morgan fingerprint density at radius 2 is 1.36 bits per heavy atom. The van der Waals surface area contributed by atoms with Gasteiger partial charge in [-0.3, -0.25) is 0 Å². The van der Waals surface area contributed by atoms with Crippen molar-refractivity contribution in [3.63, 3.8) is 0 Å². The summed E-state index contributed by atoms with van der Waals surface area (Å²) in [7, 11) is 0. The number of benzene rings is 7.